The SMILES string of the molecule is COC(=O)NC(C(=O)NC(Cc1ccc(C#Cc2cnc(N3CCN(C4COC4)CC3)nc2)cc1)C(O)CN(Cc1c(F)cc(-c2cnn(C(F)F)c2)cc1F)NC(=O)C(NC(=O)O)C(C)(C)C(F)(F)F)C(C)(C)C(F)(F)F. The molecule has 4 aromatic rings. The minimum Gasteiger partial charge on any atom is -0.465 e. The molecule has 0 radical (unpaired) electrons. The molecule has 2 aliphatic heterocycles. The Kier molecular flexibility index (Phi) is 18.9. The number of carbonyl (C=O) groups is 4. The highest BCUT2D eigenvalue weighted by Gasteiger charge is 2.57. The van der Waals surface area contributed by atoms with E-state index in [0.717, 1.165) is 45.7 Å². The van der Waals surface area contributed by atoms with Crippen LogP contribution >= 0.6 is 0 Å². The minimum absolute atomic E-state index is 0.184. The molecular formula is C49H55F10N11O8. The van der Waals surface area contributed by atoms with E-state index < -0.39 is 115 Å². The molecule has 2 fully saturated rings. The molecule has 2 aliphatic rings. The maximum atomic E-state index is 16.0. The number of alkyl carbamates (subject to hydrolysis) is 1. The summed E-state index contributed by atoms with van der Waals surface area (Å²) in [5.41, 5.74) is -4.67. The van der Waals surface area contributed by atoms with Crippen molar-refractivity contribution in [3.8, 4) is 23.0 Å². The Morgan fingerprint density at radius 1 is 0.808 bits per heavy atom. The maximum Gasteiger partial charge on any atom is 0.407 e. The zero-order chi connectivity index (χ0) is 57.5. The highest BCUT2D eigenvalue weighted by molar-refractivity contribution is 5.87. The number of hydrazine groups is 1. The van der Waals surface area contributed by atoms with Crippen LogP contribution in [0.1, 0.15) is 56.5 Å². The number of methoxy groups -OCH3 is 1. The number of nitrogens with one attached hydrogen (secondary N) is 4. The summed E-state index contributed by atoms with van der Waals surface area (Å²) in [7, 11) is 0.806. The topological polar surface area (TPSA) is 229 Å². The van der Waals surface area contributed by atoms with Gasteiger partial charge in [0.25, 0.3) is 5.91 Å². The standard InChI is InChI=1S/C49H55F10N11O8/c1-46(2,48(54,55)56)38(65-45(76)77-5)40(72)63-36(16-28-9-6-27(7-10-28)8-11-29-19-60-43(61-20-29)68-14-12-67(13-15-68)32-25-78-26-32)37(71)24-69(66-41(73)39(64-44(74)75)47(3,4)49(57,58)59)23-33-34(50)17-30(18-35(33)51)31-21-62-70(22-31)42(52)53/h6-7,9-10,17-22,32,36-39,42,64,71H,12-16,23-26H2,1-5H3,(H,63,72)(H,65,76)(H,66,73)(H,74,75). The summed E-state index contributed by atoms with van der Waals surface area (Å²) >= 11 is 0. The molecule has 0 spiro atoms. The fourth-order valence-corrected chi connectivity index (χ4v) is 8.15. The number of aromatic nitrogens is 4. The van der Waals surface area contributed by atoms with Crippen molar-refractivity contribution in [3.05, 3.63) is 95.1 Å². The number of ether oxygens (including phenoxy) is 2. The van der Waals surface area contributed by atoms with Crippen LogP contribution in [-0.4, -0.2) is 160 Å². The normalized spacial score (nSPS) is 16.3. The molecule has 4 heterocycles. The number of hydrogen-bond donors (Lipinski definition) is 6. The smallest absolute Gasteiger partial charge is 0.407 e. The summed E-state index contributed by atoms with van der Waals surface area (Å²) in [5.74, 6) is 0.172. The number of hydrogen-bond acceptors (Lipinski definition) is 13. The molecule has 0 bridgehead atoms. The zero-order valence-electron chi connectivity index (χ0n) is 42.4. The second-order valence-corrected chi connectivity index (χ2v) is 19.5. The highest BCUT2D eigenvalue weighted by Crippen LogP contribution is 2.42. The molecule has 2 saturated heterocycles. The van der Waals surface area contributed by atoms with Crippen molar-refractivity contribution in [3.63, 3.8) is 0 Å². The van der Waals surface area contributed by atoms with Gasteiger partial charge >= 0.3 is 31.1 Å². The van der Waals surface area contributed by atoms with E-state index in [1.807, 2.05) is 15.6 Å². The van der Waals surface area contributed by atoms with Crippen LogP contribution < -0.4 is 26.3 Å². The number of halogens is 10. The van der Waals surface area contributed by atoms with E-state index in [1.54, 1.807) is 12.4 Å². The van der Waals surface area contributed by atoms with Crippen molar-refractivity contribution in [2.24, 2.45) is 10.8 Å². The molecule has 0 aliphatic carbocycles. The molecule has 4 amide bonds. The van der Waals surface area contributed by atoms with E-state index in [-0.39, 0.29) is 21.4 Å². The first-order chi connectivity index (χ1) is 36.5. The molecule has 29 heteroatoms. The minimum atomic E-state index is -5.29. The summed E-state index contributed by atoms with van der Waals surface area (Å²) < 4.78 is 155. The van der Waals surface area contributed by atoms with Gasteiger partial charge in [0.15, 0.2) is 0 Å². The molecule has 4 atom stereocenters. The van der Waals surface area contributed by atoms with Gasteiger partial charge in [-0.15, -0.1) is 0 Å². The summed E-state index contributed by atoms with van der Waals surface area (Å²) in [6, 6.07) is 0.667. The predicted molar refractivity (Wildman–Crippen MR) is 256 cm³/mol. The van der Waals surface area contributed by atoms with Gasteiger partial charge in [-0.1, -0.05) is 24.0 Å². The van der Waals surface area contributed by atoms with Crippen LogP contribution in [0.25, 0.3) is 11.1 Å². The number of aliphatic hydroxyl groups is 1. The quantitative estimate of drug-likeness (QED) is 0.0393. The van der Waals surface area contributed by atoms with Crippen molar-refractivity contribution >= 4 is 29.9 Å². The first-order valence-electron chi connectivity index (χ1n) is 23.8. The van der Waals surface area contributed by atoms with E-state index >= 15 is 8.78 Å². The molecule has 2 aromatic carbocycles. The van der Waals surface area contributed by atoms with Crippen LogP contribution in [0.3, 0.4) is 0 Å². The number of benzene rings is 2. The number of rotatable bonds is 19. The number of carboxylic acid groups (broad SMARTS) is 1. The van der Waals surface area contributed by atoms with Crippen LogP contribution in [0.2, 0.25) is 0 Å². The Hall–Kier alpha value is -7.29. The number of alkyl halides is 8. The summed E-state index contributed by atoms with van der Waals surface area (Å²) in [5, 5.41) is 30.9. The van der Waals surface area contributed by atoms with E-state index in [9.17, 15) is 64.5 Å². The first kappa shape index (κ1) is 59.9. The molecule has 424 valence electrons. The van der Waals surface area contributed by atoms with Gasteiger partial charge in [0.1, 0.15) is 23.7 Å². The Labute approximate surface area is 439 Å². The second kappa shape index (κ2) is 24.6. The zero-order valence-corrected chi connectivity index (χ0v) is 42.4. The van der Waals surface area contributed by atoms with Crippen molar-refractivity contribution in [2.45, 2.75) is 89.8 Å². The van der Waals surface area contributed by atoms with Gasteiger partial charge in [-0.25, -0.2) is 38.0 Å². The van der Waals surface area contributed by atoms with Gasteiger partial charge in [-0.3, -0.25) is 19.9 Å². The summed E-state index contributed by atoms with van der Waals surface area (Å²) in [6.07, 6.45) is -12.0. The number of anilines is 1. The fraction of sp³-hybridized carbons (Fsp3) is 0.490. The third-order valence-corrected chi connectivity index (χ3v) is 13.4. The summed E-state index contributed by atoms with van der Waals surface area (Å²) in [4.78, 5) is 65.3. The van der Waals surface area contributed by atoms with Crippen molar-refractivity contribution < 1.29 is 82.8 Å². The number of nitrogens with zero attached hydrogens (tertiary/aromatic N) is 7. The lowest BCUT2D eigenvalue weighted by Gasteiger charge is -2.42. The monoisotopic (exact) mass is 1120 g/mol. The van der Waals surface area contributed by atoms with E-state index in [4.69, 9.17) is 4.74 Å². The molecule has 78 heavy (non-hydrogen) atoms. The molecular weight excluding hydrogens is 1060 g/mol. The number of aliphatic hydroxyl groups excluding tert-OH is 1. The molecule has 4 unspecified atom stereocenters. The number of piperazine rings is 1. The molecule has 6 rings (SSSR count). The van der Waals surface area contributed by atoms with Crippen molar-refractivity contribution in [1.29, 1.82) is 0 Å². The van der Waals surface area contributed by atoms with Gasteiger partial charge in [-0.2, -0.15) is 40.2 Å². The lowest BCUT2D eigenvalue weighted by atomic mass is 9.82. The number of amides is 4. The summed E-state index contributed by atoms with van der Waals surface area (Å²) in [6.45, 7) is 1.11. The van der Waals surface area contributed by atoms with Crippen LogP contribution in [0, 0.1) is 34.3 Å². The highest BCUT2D eigenvalue weighted by atomic mass is 19.4. The van der Waals surface area contributed by atoms with Crippen molar-refractivity contribution in [1.82, 2.24) is 51.0 Å². The Bertz CT molecular complexity index is 2790. The average molecular weight is 1120 g/mol. The third-order valence-electron chi connectivity index (χ3n) is 13.4. The van der Waals surface area contributed by atoms with Gasteiger partial charge < -0.3 is 40.5 Å². The van der Waals surface area contributed by atoms with E-state index in [0.29, 0.717) is 81.2 Å². The largest absolute Gasteiger partial charge is 0.465 e. The van der Waals surface area contributed by atoms with Gasteiger partial charge in [-0.05, 0) is 69.5 Å². The maximum absolute atomic E-state index is 16.0. The average Bonchev–Trinajstić information content (AvgIpc) is 3.86. The van der Waals surface area contributed by atoms with Crippen molar-refractivity contribution in [2.75, 3.05) is 57.9 Å². The molecule has 19 nitrogen and oxygen atoms in total. The van der Waals surface area contributed by atoms with Crippen LogP contribution in [0.15, 0.2) is 61.2 Å². The van der Waals surface area contributed by atoms with Gasteiger partial charge in [0.2, 0.25) is 11.9 Å². The Balaban J connectivity index is 1.31. The molecule has 6 N–H and O–H groups in total. The Morgan fingerprint density at radius 3 is 1.87 bits per heavy atom. The fourth-order valence-electron chi connectivity index (χ4n) is 8.15. The molecule has 0 saturated carbocycles. The molecule has 2 aromatic heterocycles. The lowest BCUT2D eigenvalue weighted by Crippen LogP contribution is -2.63. The second-order valence-electron chi connectivity index (χ2n) is 19.5. The lowest BCUT2D eigenvalue weighted by molar-refractivity contribution is -0.221. The van der Waals surface area contributed by atoms with E-state index in [1.165, 1.54) is 29.6 Å². The van der Waals surface area contributed by atoms with Gasteiger partial charge in [0.05, 0.1) is 61.1 Å². The van der Waals surface area contributed by atoms with Crippen LogP contribution in [-0.2, 0) is 32.0 Å². The Morgan fingerprint density at radius 2 is 1.37 bits per heavy atom. The van der Waals surface area contributed by atoms with Gasteiger partial charge in [0, 0.05) is 74.5 Å². The van der Waals surface area contributed by atoms with E-state index in [2.05, 4.69) is 41.9 Å². The predicted octanol–water partition coefficient (Wildman–Crippen LogP) is 5.39. The first-order valence-corrected chi connectivity index (χ1v) is 23.8. The van der Waals surface area contributed by atoms with Crippen LogP contribution in [0.5, 0.6) is 0 Å². The third kappa shape index (κ3) is 14.6. The number of carbonyl (C=O) groups excluding carboxylic acids is 3. The van der Waals surface area contributed by atoms with Crippen LogP contribution in [0.4, 0.5) is 59.4 Å².